The van der Waals surface area contributed by atoms with Gasteiger partial charge >= 0.3 is 0 Å². The molecule has 8 heteroatoms. The third-order valence-electron chi connectivity index (χ3n) is 13.0. The zero-order chi connectivity index (χ0) is 47.5. The van der Waals surface area contributed by atoms with Crippen molar-refractivity contribution in [1.29, 1.82) is 0 Å². The van der Waals surface area contributed by atoms with Gasteiger partial charge in [0, 0.05) is 34.8 Å². The molecule has 0 aliphatic carbocycles. The van der Waals surface area contributed by atoms with Crippen molar-refractivity contribution in [3.8, 4) is 45.2 Å². The Bertz CT molecular complexity index is 2410. The first-order chi connectivity index (χ1) is 33.3. The molecule has 2 heterocycles. The Balaban J connectivity index is 1.21. The molecule has 0 saturated carbocycles. The summed E-state index contributed by atoms with van der Waals surface area (Å²) in [5, 5.41) is 0.0801. The van der Waals surface area contributed by atoms with Crippen LogP contribution in [0.25, 0.3) is 67.4 Å². The lowest BCUT2D eigenvalue weighted by Crippen LogP contribution is -1.91. The highest BCUT2D eigenvalue weighted by Crippen LogP contribution is 2.46. The largest absolute Gasteiger partial charge is 0.435 e. The molecule has 0 saturated heterocycles. The molecule has 68 heavy (non-hydrogen) atoms. The molecule has 0 spiro atoms. The molecule has 5 aromatic carbocycles. The Kier molecular flexibility index (Phi) is 20.0. The van der Waals surface area contributed by atoms with Crippen LogP contribution in [0.4, 0.5) is 0 Å². The highest BCUT2D eigenvalue weighted by Gasteiger charge is 2.27. The average Bonchev–Trinajstić information content (AvgIpc) is 3.98. The van der Waals surface area contributed by atoms with Gasteiger partial charge in [0.05, 0.1) is 11.1 Å². The van der Waals surface area contributed by atoms with E-state index in [4.69, 9.17) is 18.8 Å². The van der Waals surface area contributed by atoms with E-state index >= 15 is 0 Å². The summed E-state index contributed by atoms with van der Waals surface area (Å²) >= 11 is 2.42. The van der Waals surface area contributed by atoms with E-state index in [1.54, 1.807) is 13.8 Å². The monoisotopic (exact) mass is 948 g/mol. The minimum absolute atomic E-state index is 0.0401. The molecular weight excluding hydrogens is 877 g/mol. The van der Waals surface area contributed by atoms with Crippen molar-refractivity contribution in [1.82, 2.24) is 9.97 Å². The highest BCUT2D eigenvalue weighted by molar-refractivity contribution is 8.13. The van der Waals surface area contributed by atoms with E-state index in [1.165, 1.54) is 163 Å². The van der Waals surface area contributed by atoms with Gasteiger partial charge in [-0.15, -0.1) is 0 Å². The number of thioether (sulfide) groups is 2. The van der Waals surface area contributed by atoms with E-state index in [9.17, 15) is 9.59 Å². The van der Waals surface area contributed by atoms with Crippen molar-refractivity contribution in [2.24, 2.45) is 0 Å². The van der Waals surface area contributed by atoms with Crippen LogP contribution < -0.4 is 0 Å². The lowest BCUT2D eigenvalue weighted by Gasteiger charge is -2.10. The molecule has 0 atom stereocenters. The number of hydrogen-bond donors (Lipinski definition) is 0. The Labute approximate surface area is 414 Å². The summed E-state index contributed by atoms with van der Waals surface area (Å²) < 4.78 is 13.8. The van der Waals surface area contributed by atoms with Crippen LogP contribution in [-0.2, 0) is 22.4 Å². The molecular formula is C60H72N2O4S2. The second-order valence-electron chi connectivity index (χ2n) is 18.6. The van der Waals surface area contributed by atoms with E-state index in [1.807, 2.05) is 48.5 Å². The van der Waals surface area contributed by atoms with E-state index in [2.05, 4.69) is 62.4 Å². The van der Waals surface area contributed by atoms with Crippen molar-refractivity contribution in [2.45, 2.75) is 179 Å². The SMILES string of the molecule is CCCCCCCCCCCCc1ccc(-c2c3nc(-c4ccc(SC(C)=O)cc4)oc3c(-c3ccc(CCCCCCCCCCCC)cc3)c3nc(-c4ccc(SC(C)=O)cc4)oc23)cc1. The summed E-state index contributed by atoms with van der Waals surface area (Å²) in [5.41, 5.74) is 10.6. The fraction of sp³-hybridized carbons (Fsp3) is 0.433. The van der Waals surface area contributed by atoms with Gasteiger partial charge in [0.25, 0.3) is 0 Å². The number of hydrogen-bond acceptors (Lipinski definition) is 8. The first-order valence-corrected chi connectivity index (χ1v) is 27.5. The summed E-state index contributed by atoms with van der Waals surface area (Å²) in [6, 6.07) is 33.4. The van der Waals surface area contributed by atoms with E-state index < -0.39 is 0 Å². The Hall–Kier alpha value is -4.92. The number of oxazole rings is 2. The fourth-order valence-corrected chi connectivity index (χ4v) is 10.5. The van der Waals surface area contributed by atoms with E-state index in [0.717, 1.165) is 56.0 Å². The second kappa shape index (κ2) is 26.7. The maximum absolute atomic E-state index is 11.9. The number of unbranched alkanes of at least 4 members (excludes halogenated alkanes) is 18. The zero-order valence-electron chi connectivity index (χ0n) is 41.1. The van der Waals surface area contributed by atoms with Gasteiger partial charge in [-0.25, -0.2) is 9.97 Å². The molecule has 0 N–H and O–H groups in total. The van der Waals surface area contributed by atoms with Gasteiger partial charge in [0.2, 0.25) is 11.8 Å². The number of benzene rings is 5. The summed E-state index contributed by atoms with van der Waals surface area (Å²) in [4.78, 5) is 36.1. The summed E-state index contributed by atoms with van der Waals surface area (Å²) in [6.07, 6.45) is 28.5. The summed E-state index contributed by atoms with van der Waals surface area (Å²) in [7, 11) is 0. The lowest BCUT2D eigenvalue weighted by atomic mass is 9.94. The molecule has 2 aromatic heterocycles. The topological polar surface area (TPSA) is 86.2 Å². The van der Waals surface area contributed by atoms with E-state index in [0.29, 0.717) is 34.0 Å². The van der Waals surface area contributed by atoms with Crippen LogP contribution in [0.2, 0.25) is 0 Å². The highest BCUT2D eigenvalue weighted by atomic mass is 32.2. The van der Waals surface area contributed by atoms with Crippen LogP contribution >= 0.6 is 23.5 Å². The molecule has 358 valence electrons. The van der Waals surface area contributed by atoms with Crippen molar-refractivity contribution in [3.05, 3.63) is 108 Å². The molecule has 0 amide bonds. The van der Waals surface area contributed by atoms with Crippen molar-refractivity contribution in [2.75, 3.05) is 0 Å². The van der Waals surface area contributed by atoms with Gasteiger partial charge in [-0.1, -0.05) is 201 Å². The molecule has 7 aromatic rings. The van der Waals surface area contributed by atoms with Crippen LogP contribution in [0.1, 0.15) is 167 Å². The summed E-state index contributed by atoms with van der Waals surface area (Å²) in [6.45, 7) is 7.71. The van der Waals surface area contributed by atoms with Gasteiger partial charge < -0.3 is 8.83 Å². The Morgan fingerprint density at radius 2 is 0.691 bits per heavy atom. The van der Waals surface area contributed by atoms with Gasteiger partial charge in [0.1, 0.15) is 11.0 Å². The number of carbonyl (C=O) groups is 2. The minimum Gasteiger partial charge on any atom is -0.435 e. The van der Waals surface area contributed by atoms with Crippen molar-refractivity contribution < 1.29 is 18.4 Å². The second-order valence-corrected chi connectivity index (χ2v) is 21.1. The maximum Gasteiger partial charge on any atom is 0.227 e. The maximum atomic E-state index is 11.9. The number of fused-ring (bicyclic) bond motifs is 2. The van der Waals surface area contributed by atoms with Gasteiger partial charge in [-0.05, 0) is 96.5 Å². The van der Waals surface area contributed by atoms with E-state index in [-0.39, 0.29) is 10.2 Å². The Morgan fingerprint density at radius 1 is 0.397 bits per heavy atom. The molecule has 7 rings (SSSR count). The molecule has 6 nitrogen and oxygen atoms in total. The number of aryl methyl sites for hydroxylation is 2. The lowest BCUT2D eigenvalue weighted by molar-refractivity contribution is -0.109. The van der Waals surface area contributed by atoms with Crippen LogP contribution in [0.15, 0.2) is 116 Å². The minimum atomic E-state index is 0.0401. The zero-order valence-corrected chi connectivity index (χ0v) is 42.8. The van der Waals surface area contributed by atoms with Gasteiger partial charge in [-0.3, -0.25) is 9.59 Å². The fourth-order valence-electron chi connectivity index (χ4n) is 9.29. The van der Waals surface area contributed by atoms with Crippen LogP contribution in [-0.4, -0.2) is 20.2 Å². The average molecular weight is 949 g/mol. The molecule has 0 aliphatic heterocycles. The predicted molar refractivity (Wildman–Crippen MR) is 287 cm³/mol. The molecule has 0 unspecified atom stereocenters. The number of aromatic nitrogens is 2. The normalized spacial score (nSPS) is 11.6. The predicted octanol–water partition coefficient (Wildman–Crippen LogP) is 18.8. The third kappa shape index (κ3) is 14.6. The quantitative estimate of drug-likeness (QED) is 0.0355. The molecule has 0 fully saturated rings. The smallest absolute Gasteiger partial charge is 0.227 e. The Morgan fingerprint density at radius 3 is 1.00 bits per heavy atom. The van der Waals surface area contributed by atoms with Crippen molar-refractivity contribution in [3.63, 3.8) is 0 Å². The number of nitrogens with zero attached hydrogens (tertiary/aromatic N) is 2. The molecule has 0 bridgehead atoms. The third-order valence-corrected chi connectivity index (χ3v) is 14.6. The summed E-state index contributed by atoms with van der Waals surface area (Å²) in [5.74, 6) is 0.979. The number of carbonyl (C=O) groups excluding carboxylic acids is 2. The molecule has 0 aliphatic rings. The van der Waals surface area contributed by atoms with Gasteiger partial charge in [0.15, 0.2) is 21.4 Å². The van der Waals surface area contributed by atoms with Crippen LogP contribution in [0.5, 0.6) is 0 Å². The molecule has 0 radical (unpaired) electrons. The standard InChI is InChI=1S/C60H72N2O4S2/c1-5-7-9-11-13-15-17-19-21-23-25-45-27-31-47(32-28-45)53-55-58(66-59(61-55)49-35-39-51(40-36-49)67-43(3)63)54(56-57(53)65-60(62-56)50-37-41-52(42-38-50)68-44(4)64)48-33-29-46(30-34-48)26-24-22-20-18-16-14-12-10-8-6-2/h27-42H,5-26H2,1-4H3. The van der Waals surface area contributed by atoms with Crippen molar-refractivity contribution >= 4 is 56.0 Å². The first kappa shape index (κ1) is 50.9. The number of rotatable bonds is 28. The van der Waals surface area contributed by atoms with Crippen LogP contribution in [0.3, 0.4) is 0 Å². The van der Waals surface area contributed by atoms with Gasteiger partial charge in [-0.2, -0.15) is 0 Å². The van der Waals surface area contributed by atoms with Crippen LogP contribution in [0, 0.1) is 0 Å². The first-order valence-electron chi connectivity index (χ1n) is 25.8.